The van der Waals surface area contributed by atoms with Crippen molar-refractivity contribution in [1.82, 2.24) is 4.98 Å². The van der Waals surface area contributed by atoms with Crippen LogP contribution in [0.3, 0.4) is 0 Å². The van der Waals surface area contributed by atoms with Gasteiger partial charge in [0, 0.05) is 16.5 Å². The molecule has 1 atom stereocenters. The SMILES string of the molecule is NC1CCc2nc(-c3ccccc3C(F)(F)F)sc2C1. The quantitative estimate of drug-likeness (QED) is 0.873. The number of nitrogens with two attached hydrogens (primary N) is 1. The van der Waals surface area contributed by atoms with E-state index in [4.69, 9.17) is 5.73 Å². The van der Waals surface area contributed by atoms with Crippen molar-refractivity contribution in [3.05, 3.63) is 40.4 Å². The Balaban J connectivity index is 2.07. The van der Waals surface area contributed by atoms with E-state index in [1.807, 2.05) is 0 Å². The summed E-state index contributed by atoms with van der Waals surface area (Å²) in [6, 6.07) is 5.68. The monoisotopic (exact) mass is 298 g/mol. The summed E-state index contributed by atoms with van der Waals surface area (Å²) in [7, 11) is 0. The first-order valence-corrected chi connectivity index (χ1v) is 7.17. The predicted molar refractivity (Wildman–Crippen MR) is 72.6 cm³/mol. The molecule has 1 aliphatic carbocycles. The molecule has 3 rings (SSSR count). The maximum Gasteiger partial charge on any atom is 0.417 e. The summed E-state index contributed by atoms with van der Waals surface area (Å²) in [6.45, 7) is 0. The number of aromatic nitrogens is 1. The van der Waals surface area contributed by atoms with Crippen LogP contribution in [0.25, 0.3) is 10.6 Å². The molecule has 1 heterocycles. The van der Waals surface area contributed by atoms with Gasteiger partial charge in [-0.3, -0.25) is 0 Å². The fraction of sp³-hybridized carbons (Fsp3) is 0.357. The molecular weight excluding hydrogens is 285 g/mol. The molecule has 1 aromatic carbocycles. The molecule has 1 aromatic heterocycles. The van der Waals surface area contributed by atoms with Crippen LogP contribution < -0.4 is 5.73 Å². The highest BCUT2D eigenvalue weighted by Gasteiger charge is 2.34. The van der Waals surface area contributed by atoms with Crippen LogP contribution in [-0.2, 0) is 19.0 Å². The standard InChI is InChI=1S/C14H13F3N2S/c15-14(16,17)10-4-2-1-3-9(10)13-19-11-6-5-8(18)7-12(11)20-13/h1-4,8H,5-7,18H2. The number of halogens is 3. The lowest BCUT2D eigenvalue weighted by Crippen LogP contribution is -2.26. The molecule has 0 fully saturated rings. The highest BCUT2D eigenvalue weighted by molar-refractivity contribution is 7.15. The van der Waals surface area contributed by atoms with Gasteiger partial charge in [-0.1, -0.05) is 18.2 Å². The van der Waals surface area contributed by atoms with Crippen LogP contribution in [0.1, 0.15) is 22.6 Å². The van der Waals surface area contributed by atoms with E-state index >= 15 is 0 Å². The van der Waals surface area contributed by atoms with Gasteiger partial charge < -0.3 is 5.73 Å². The normalized spacial score (nSPS) is 18.9. The largest absolute Gasteiger partial charge is 0.417 e. The van der Waals surface area contributed by atoms with E-state index in [0.29, 0.717) is 11.4 Å². The Labute approximate surface area is 118 Å². The number of nitrogens with zero attached hydrogens (tertiary/aromatic N) is 1. The second-order valence-corrected chi connectivity index (χ2v) is 6.02. The third-order valence-corrected chi connectivity index (χ3v) is 4.59. The Morgan fingerprint density at radius 2 is 2.00 bits per heavy atom. The van der Waals surface area contributed by atoms with Crippen LogP contribution in [-0.4, -0.2) is 11.0 Å². The average molecular weight is 298 g/mol. The lowest BCUT2D eigenvalue weighted by molar-refractivity contribution is -0.137. The molecule has 0 saturated heterocycles. The zero-order chi connectivity index (χ0) is 14.3. The highest BCUT2D eigenvalue weighted by atomic mass is 32.1. The van der Waals surface area contributed by atoms with E-state index in [2.05, 4.69) is 4.98 Å². The average Bonchev–Trinajstić information content (AvgIpc) is 2.80. The minimum atomic E-state index is -4.36. The summed E-state index contributed by atoms with van der Waals surface area (Å²) in [5.74, 6) is 0. The zero-order valence-corrected chi connectivity index (χ0v) is 11.4. The minimum Gasteiger partial charge on any atom is -0.327 e. The van der Waals surface area contributed by atoms with Crippen molar-refractivity contribution in [2.24, 2.45) is 5.73 Å². The molecule has 2 aromatic rings. The summed E-state index contributed by atoms with van der Waals surface area (Å²) in [5.41, 5.74) is 6.33. The smallest absolute Gasteiger partial charge is 0.327 e. The van der Waals surface area contributed by atoms with Gasteiger partial charge in [0.05, 0.1) is 11.3 Å². The number of hydrogen-bond donors (Lipinski definition) is 1. The van der Waals surface area contributed by atoms with Gasteiger partial charge in [0.1, 0.15) is 5.01 Å². The maximum atomic E-state index is 13.0. The van der Waals surface area contributed by atoms with Gasteiger partial charge in [-0.2, -0.15) is 13.2 Å². The number of rotatable bonds is 1. The molecule has 1 aliphatic rings. The van der Waals surface area contributed by atoms with Crippen molar-refractivity contribution in [3.8, 4) is 10.6 Å². The van der Waals surface area contributed by atoms with Crippen LogP contribution in [0.2, 0.25) is 0 Å². The summed E-state index contributed by atoms with van der Waals surface area (Å²) < 4.78 is 39.1. The summed E-state index contributed by atoms with van der Waals surface area (Å²) in [5, 5.41) is 0.442. The Morgan fingerprint density at radius 1 is 1.25 bits per heavy atom. The van der Waals surface area contributed by atoms with Crippen molar-refractivity contribution >= 4 is 11.3 Å². The molecule has 0 amide bonds. The van der Waals surface area contributed by atoms with Gasteiger partial charge in [0.2, 0.25) is 0 Å². The van der Waals surface area contributed by atoms with Crippen molar-refractivity contribution in [2.45, 2.75) is 31.5 Å². The van der Waals surface area contributed by atoms with Crippen LogP contribution in [0.5, 0.6) is 0 Å². The van der Waals surface area contributed by atoms with E-state index in [9.17, 15) is 13.2 Å². The number of thiazole rings is 1. The van der Waals surface area contributed by atoms with Crippen LogP contribution in [0.4, 0.5) is 13.2 Å². The third kappa shape index (κ3) is 2.45. The summed E-state index contributed by atoms with van der Waals surface area (Å²) in [6.07, 6.45) is -2.06. The first-order chi connectivity index (χ1) is 9.45. The number of hydrogen-bond acceptors (Lipinski definition) is 3. The van der Waals surface area contributed by atoms with Crippen LogP contribution >= 0.6 is 11.3 Å². The van der Waals surface area contributed by atoms with Gasteiger partial charge >= 0.3 is 6.18 Å². The molecule has 2 nitrogen and oxygen atoms in total. The van der Waals surface area contributed by atoms with Gasteiger partial charge in [0.15, 0.2) is 0 Å². The third-order valence-electron chi connectivity index (χ3n) is 3.44. The highest BCUT2D eigenvalue weighted by Crippen LogP contribution is 2.40. The first-order valence-electron chi connectivity index (χ1n) is 6.36. The van der Waals surface area contributed by atoms with Crippen molar-refractivity contribution < 1.29 is 13.2 Å². The minimum absolute atomic E-state index is 0.0914. The van der Waals surface area contributed by atoms with E-state index < -0.39 is 11.7 Å². The molecule has 0 saturated carbocycles. The van der Waals surface area contributed by atoms with Crippen LogP contribution in [0.15, 0.2) is 24.3 Å². The van der Waals surface area contributed by atoms with Crippen LogP contribution in [0, 0.1) is 0 Å². The summed E-state index contributed by atoms with van der Waals surface area (Å²) >= 11 is 1.33. The lowest BCUT2D eigenvalue weighted by atomic mass is 9.99. The fourth-order valence-electron chi connectivity index (χ4n) is 2.43. The van der Waals surface area contributed by atoms with Crippen molar-refractivity contribution in [3.63, 3.8) is 0 Å². The zero-order valence-electron chi connectivity index (χ0n) is 10.6. The van der Waals surface area contributed by atoms with E-state index in [-0.39, 0.29) is 11.6 Å². The predicted octanol–water partition coefficient (Wildman–Crippen LogP) is 3.64. The number of benzene rings is 1. The molecule has 0 bridgehead atoms. The molecule has 0 aliphatic heterocycles. The van der Waals surface area contributed by atoms with Crippen molar-refractivity contribution in [1.29, 1.82) is 0 Å². The number of aryl methyl sites for hydroxylation is 1. The summed E-state index contributed by atoms with van der Waals surface area (Å²) in [4.78, 5) is 5.42. The van der Waals surface area contributed by atoms with Gasteiger partial charge in [-0.25, -0.2) is 4.98 Å². The van der Waals surface area contributed by atoms with Gasteiger partial charge in [-0.05, 0) is 25.3 Å². The number of alkyl halides is 3. The van der Waals surface area contributed by atoms with Crippen molar-refractivity contribution in [2.75, 3.05) is 0 Å². The molecule has 6 heteroatoms. The second-order valence-electron chi connectivity index (χ2n) is 4.94. The molecule has 0 spiro atoms. The Hall–Kier alpha value is -1.40. The Kier molecular flexibility index (Phi) is 3.30. The lowest BCUT2D eigenvalue weighted by Gasteiger charge is -2.15. The molecule has 0 radical (unpaired) electrons. The fourth-order valence-corrected chi connectivity index (χ4v) is 3.67. The Morgan fingerprint density at radius 3 is 2.75 bits per heavy atom. The maximum absolute atomic E-state index is 13.0. The molecule has 2 N–H and O–H groups in total. The van der Waals surface area contributed by atoms with Gasteiger partial charge in [-0.15, -0.1) is 11.3 Å². The molecule has 106 valence electrons. The second kappa shape index (κ2) is 4.86. The Bertz CT molecular complexity index is 634. The molecular formula is C14H13F3N2S. The molecule has 1 unspecified atom stereocenters. The van der Waals surface area contributed by atoms with E-state index in [1.165, 1.54) is 23.5 Å². The van der Waals surface area contributed by atoms with E-state index in [1.54, 1.807) is 6.07 Å². The topological polar surface area (TPSA) is 38.9 Å². The molecule has 20 heavy (non-hydrogen) atoms. The van der Waals surface area contributed by atoms with Gasteiger partial charge in [0.25, 0.3) is 0 Å². The van der Waals surface area contributed by atoms with E-state index in [0.717, 1.165) is 29.5 Å². The number of fused-ring (bicyclic) bond motifs is 1. The first kappa shape index (κ1) is 13.6.